The van der Waals surface area contributed by atoms with Gasteiger partial charge >= 0.3 is 0 Å². The minimum atomic E-state index is -0.254. The number of benzene rings is 2. The lowest BCUT2D eigenvalue weighted by Crippen LogP contribution is -2.29. The van der Waals surface area contributed by atoms with Crippen LogP contribution in [0.5, 0.6) is 5.75 Å². The van der Waals surface area contributed by atoms with Crippen LogP contribution in [0.15, 0.2) is 42.5 Å². The van der Waals surface area contributed by atoms with E-state index in [4.69, 9.17) is 9.47 Å². The molecule has 0 saturated carbocycles. The summed E-state index contributed by atoms with van der Waals surface area (Å²) in [4.78, 5) is 27.8. The Morgan fingerprint density at radius 1 is 1.06 bits per heavy atom. The molecule has 1 saturated heterocycles. The van der Waals surface area contributed by atoms with Crippen LogP contribution in [0.4, 0.5) is 11.4 Å². The zero-order chi connectivity index (χ0) is 22.1. The molecule has 2 amide bonds. The van der Waals surface area contributed by atoms with Crippen LogP contribution in [-0.2, 0) is 4.74 Å². The Kier molecular flexibility index (Phi) is 8.29. The SMILES string of the molecule is CCOCCCNC(=O)c1cc(NC(=O)c2cccc(OC)c2)ccc1N1CCCC1. The Morgan fingerprint density at radius 2 is 1.87 bits per heavy atom. The second kappa shape index (κ2) is 11.4. The largest absolute Gasteiger partial charge is 0.497 e. The van der Waals surface area contributed by atoms with Crippen LogP contribution in [0.1, 0.15) is 46.9 Å². The van der Waals surface area contributed by atoms with Crippen LogP contribution < -0.4 is 20.3 Å². The molecular formula is C24H31N3O4. The van der Waals surface area contributed by atoms with Crippen LogP contribution in [0.3, 0.4) is 0 Å². The van der Waals surface area contributed by atoms with Crippen LogP contribution >= 0.6 is 0 Å². The van der Waals surface area contributed by atoms with Crippen LogP contribution in [-0.4, -0.2) is 51.8 Å². The van der Waals surface area contributed by atoms with E-state index in [1.165, 1.54) is 0 Å². The van der Waals surface area contributed by atoms with E-state index in [9.17, 15) is 9.59 Å². The molecule has 7 nitrogen and oxygen atoms in total. The van der Waals surface area contributed by atoms with Gasteiger partial charge in [0, 0.05) is 49.8 Å². The number of amides is 2. The third-order valence-electron chi connectivity index (χ3n) is 5.23. The highest BCUT2D eigenvalue weighted by atomic mass is 16.5. The summed E-state index contributed by atoms with van der Waals surface area (Å²) in [6.45, 7) is 5.64. The molecule has 31 heavy (non-hydrogen) atoms. The fourth-order valence-electron chi connectivity index (χ4n) is 3.61. The molecule has 2 aromatic carbocycles. The lowest BCUT2D eigenvalue weighted by molar-refractivity contribution is 0.0943. The summed E-state index contributed by atoms with van der Waals surface area (Å²) >= 11 is 0. The highest BCUT2D eigenvalue weighted by Crippen LogP contribution is 2.28. The number of ether oxygens (including phenoxy) is 2. The zero-order valence-electron chi connectivity index (χ0n) is 18.3. The molecule has 0 aromatic heterocycles. The highest BCUT2D eigenvalue weighted by Gasteiger charge is 2.20. The quantitative estimate of drug-likeness (QED) is 0.568. The van der Waals surface area contributed by atoms with Crippen molar-refractivity contribution in [1.82, 2.24) is 5.32 Å². The monoisotopic (exact) mass is 425 g/mol. The van der Waals surface area contributed by atoms with Gasteiger partial charge in [0.2, 0.25) is 0 Å². The van der Waals surface area contributed by atoms with Gasteiger partial charge in [-0.25, -0.2) is 0 Å². The van der Waals surface area contributed by atoms with E-state index in [-0.39, 0.29) is 11.8 Å². The minimum absolute atomic E-state index is 0.143. The normalized spacial score (nSPS) is 13.2. The summed E-state index contributed by atoms with van der Waals surface area (Å²) in [6.07, 6.45) is 2.98. The van der Waals surface area contributed by atoms with E-state index in [0.29, 0.717) is 42.3 Å². The van der Waals surface area contributed by atoms with Crippen molar-refractivity contribution in [3.8, 4) is 5.75 Å². The van der Waals surface area contributed by atoms with E-state index in [1.807, 2.05) is 19.1 Å². The molecule has 3 rings (SSSR count). The first kappa shape index (κ1) is 22.6. The number of hydrogen-bond acceptors (Lipinski definition) is 5. The van der Waals surface area contributed by atoms with E-state index in [2.05, 4.69) is 15.5 Å². The van der Waals surface area contributed by atoms with Gasteiger partial charge in [-0.1, -0.05) is 6.07 Å². The molecule has 1 aliphatic rings. The summed E-state index contributed by atoms with van der Waals surface area (Å²) in [6, 6.07) is 12.5. The molecule has 0 unspecified atom stereocenters. The van der Waals surface area contributed by atoms with Gasteiger partial charge in [-0.05, 0) is 62.6 Å². The maximum Gasteiger partial charge on any atom is 0.255 e. The number of methoxy groups -OCH3 is 1. The third-order valence-corrected chi connectivity index (χ3v) is 5.23. The topological polar surface area (TPSA) is 79.9 Å². The number of carbonyl (C=O) groups excluding carboxylic acids is 2. The van der Waals surface area contributed by atoms with Gasteiger partial charge in [0.25, 0.3) is 11.8 Å². The highest BCUT2D eigenvalue weighted by molar-refractivity contribution is 6.06. The number of anilines is 2. The molecule has 2 aromatic rings. The molecule has 1 aliphatic heterocycles. The lowest BCUT2D eigenvalue weighted by Gasteiger charge is -2.22. The summed E-state index contributed by atoms with van der Waals surface area (Å²) in [5, 5.41) is 5.87. The Bertz CT molecular complexity index is 894. The van der Waals surface area contributed by atoms with Crippen molar-refractivity contribution in [1.29, 1.82) is 0 Å². The maximum absolute atomic E-state index is 12.9. The first-order valence-corrected chi connectivity index (χ1v) is 10.8. The molecule has 1 fully saturated rings. The van der Waals surface area contributed by atoms with Crippen molar-refractivity contribution in [2.24, 2.45) is 0 Å². The first-order valence-electron chi connectivity index (χ1n) is 10.8. The number of nitrogens with zero attached hydrogens (tertiary/aromatic N) is 1. The Balaban J connectivity index is 1.76. The fourth-order valence-corrected chi connectivity index (χ4v) is 3.61. The van der Waals surface area contributed by atoms with Crippen LogP contribution in [0.2, 0.25) is 0 Å². The summed E-state index contributed by atoms with van der Waals surface area (Å²) in [5.41, 5.74) is 2.54. The molecule has 0 atom stereocenters. The van der Waals surface area contributed by atoms with Gasteiger partial charge in [0.15, 0.2) is 0 Å². The van der Waals surface area contributed by atoms with E-state index < -0.39 is 0 Å². The van der Waals surface area contributed by atoms with Gasteiger partial charge < -0.3 is 25.0 Å². The number of nitrogens with one attached hydrogen (secondary N) is 2. The second-order valence-corrected chi connectivity index (χ2v) is 7.42. The first-order chi connectivity index (χ1) is 15.1. The van der Waals surface area contributed by atoms with Gasteiger partial charge in [0.1, 0.15) is 5.75 Å². The van der Waals surface area contributed by atoms with Crippen LogP contribution in [0, 0.1) is 0 Å². The Hall–Kier alpha value is -3.06. The average molecular weight is 426 g/mol. The van der Waals surface area contributed by atoms with Crippen molar-refractivity contribution in [2.45, 2.75) is 26.2 Å². The molecule has 2 N–H and O–H groups in total. The van der Waals surface area contributed by atoms with E-state index >= 15 is 0 Å². The minimum Gasteiger partial charge on any atom is -0.497 e. The molecule has 0 bridgehead atoms. The molecule has 0 spiro atoms. The van der Waals surface area contributed by atoms with Gasteiger partial charge in [0.05, 0.1) is 12.7 Å². The van der Waals surface area contributed by atoms with Crippen molar-refractivity contribution >= 4 is 23.2 Å². The summed E-state index contributed by atoms with van der Waals surface area (Å²) in [7, 11) is 1.56. The molecule has 166 valence electrons. The molecule has 0 radical (unpaired) electrons. The van der Waals surface area contributed by atoms with E-state index in [0.717, 1.165) is 38.0 Å². The van der Waals surface area contributed by atoms with E-state index in [1.54, 1.807) is 37.4 Å². The van der Waals surface area contributed by atoms with Gasteiger partial charge in [-0.3, -0.25) is 9.59 Å². The number of hydrogen-bond donors (Lipinski definition) is 2. The predicted octanol–water partition coefficient (Wildman–Crippen LogP) is 3.70. The van der Waals surface area contributed by atoms with Crippen molar-refractivity contribution in [3.63, 3.8) is 0 Å². The summed E-state index contributed by atoms with van der Waals surface area (Å²) in [5.74, 6) is 0.218. The van der Waals surface area contributed by atoms with Gasteiger partial charge in [-0.2, -0.15) is 0 Å². The number of rotatable bonds is 10. The Labute approximate surface area is 183 Å². The average Bonchev–Trinajstić information content (AvgIpc) is 3.33. The smallest absolute Gasteiger partial charge is 0.255 e. The molecule has 0 aliphatic carbocycles. The standard InChI is InChI=1S/C24H31N3O4/c1-3-31-15-7-12-25-24(29)21-17-19(10-11-22(21)27-13-4-5-14-27)26-23(28)18-8-6-9-20(16-18)30-2/h6,8-11,16-17H,3-5,7,12-15H2,1-2H3,(H,25,29)(H,26,28). The van der Waals surface area contributed by atoms with Crippen molar-refractivity contribution < 1.29 is 19.1 Å². The van der Waals surface area contributed by atoms with Gasteiger partial charge in [-0.15, -0.1) is 0 Å². The molecule has 1 heterocycles. The summed E-state index contributed by atoms with van der Waals surface area (Å²) < 4.78 is 10.5. The number of carbonyl (C=O) groups is 2. The maximum atomic E-state index is 12.9. The van der Waals surface area contributed by atoms with Crippen molar-refractivity contribution in [3.05, 3.63) is 53.6 Å². The van der Waals surface area contributed by atoms with Crippen molar-refractivity contribution in [2.75, 3.05) is 50.2 Å². The Morgan fingerprint density at radius 3 is 2.61 bits per heavy atom. The molecule has 7 heteroatoms. The third kappa shape index (κ3) is 6.21. The second-order valence-electron chi connectivity index (χ2n) is 7.42. The zero-order valence-corrected chi connectivity index (χ0v) is 18.3. The fraction of sp³-hybridized carbons (Fsp3) is 0.417. The molecular weight excluding hydrogens is 394 g/mol. The van der Waals surface area contributed by atoms with Crippen LogP contribution in [0.25, 0.3) is 0 Å². The lowest BCUT2D eigenvalue weighted by atomic mass is 10.1. The predicted molar refractivity (Wildman–Crippen MR) is 122 cm³/mol.